The Labute approximate surface area is 219 Å². The van der Waals surface area contributed by atoms with Gasteiger partial charge >= 0.3 is 0 Å². The molecule has 0 bridgehead atoms. The number of H-pyrrole nitrogens is 1. The lowest BCUT2D eigenvalue weighted by Gasteiger charge is -2.12. The number of fused-ring (bicyclic) bond motifs is 1. The largest absolute Gasteiger partial charge is 0.321 e. The van der Waals surface area contributed by atoms with Gasteiger partial charge in [0.15, 0.2) is 5.78 Å². The molecule has 0 saturated carbocycles. The quantitative estimate of drug-likeness (QED) is 0.216. The van der Waals surface area contributed by atoms with Crippen molar-refractivity contribution in [3.05, 3.63) is 152 Å². The van der Waals surface area contributed by atoms with Crippen molar-refractivity contribution in [2.24, 2.45) is 0 Å². The number of aromatic amines is 1. The van der Waals surface area contributed by atoms with Crippen LogP contribution in [0.4, 0.5) is 0 Å². The minimum atomic E-state index is -0.424. The number of hydrogen-bond acceptors (Lipinski definition) is 3. The van der Waals surface area contributed by atoms with E-state index >= 15 is 0 Å². The number of pyridine rings is 1. The first-order valence-corrected chi connectivity index (χ1v) is 12.2. The van der Waals surface area contributed by atoms with Crippen LogP contribution >= 0.6 is 11.6 Å². The molecule has 0 amide bonds. The fourth-order valence-corrected chi connectivity index (χ4v) is 4.56. The lowest BCUT2D eigenvalue weighted by Crippen LogP contribution is -2.20. The monoisotopic (exact) mass is 502 g/mol. The second-order valence-corrected chi connectivity index (χ2v) is 9.29. The summed E-state index contributed by atoms with van der Waals surface area (Å²) in [6, 6.07) is 22.7. The number of ketones is 1. The first-order valence-electron chi connectivity index (χ1n) is 11.8. The minimum Gasteiger partial charge on any atom is -0.321 e. The number of carbonyl (C=O) groups is 1. The second-order valence-electron chi connectivity index (χ2n) is 8.85. The molecule has 180 valence electrons. The van der Waals surface area contributed by atoms with E-state index in [2.05, 4.69) is 11.6 Å². The van der Waals surface area contributed by atoms with Crippen LogP contribution in [0.3, 0.4) is 0 Å². The Morgan fingerprint density at radius 3 is 2.49 bits per heavy atom. The van der Waals surface area contributed by atoms with Crippen LogP contribution in [-0.2, 0) is 6.42 Å². The van der Waals surface area contributed by atoms with E-state index in [4.69, 9.17) is 17.0 Å². The van der Waals surface area contributed by atoms with E-state index in [9.17, 15) is 9.59 Å². The molecule has 0 fully saturated rings. The summed E-state index contributed by atoms with van der Waals surface area (Å²) in [5, 5.41) is 9.08. The maximum absolute atomic E-state index is 13.4. The summed E-state index contributed by atoms with van der Waals surface area (Å²) in [5.74, 6) is -0.370. The smallest absolute Gasteiger partial charge is 0.259 e. The zero-order chi connectivity index (χ0) is 25.9. The number of allylic oxidation sites excluding steroid dienone is 6. The molecule has 4 aromatic rings. The highest BCUT2D eigenvalue weighted by atomic mass is 35.5. The summed E-state index contributed by atoms with van der Waals surface area (Å²) in [5.41, 5.74) is 5.83. The van der Waals surface area contributed by atoms with Gasteiger partial charge in [0.2, 0.25) is 0 Å². The number of hydrogen-bond donors (Lipinski definition) is 2. The molecule has 2 N–H and O–H groups in total. The number of benzene rings is 3. The third-order valence-electron chi connectivity index (χ3n) is 6.33. The maximum atomic E-state index is 13.4. The summed E-state index contributed by atoms with van der Waals surface area (Å²) in [7, 11) is 0. The van der Waals surface area contributed by atoms with Gasteiger partial charge in [0.1, 0.15) is 0 Å². The van der Waals surface area contributed by atoms with Crippen LogP contribution in [0.2, 0.25) is 5.02 Å². The number of aromatic nitrogens is 1. The lowest BCUT2D eigenvalue weighted by molar-refractivity contribution is 0.104. The molecule has 0 spiro atoms. The molecule has 3 aromatic carbocycles. The number of rotatable bonds is 6. The number of carbonyl (C=O) groups excluding carboxylic acids is 1. The van der Waals surface area contributed by atoms with E-state index in [-0.39, 0.29) is 11.3 Å². The average Bonchev–Trinajstić information content (AvgIpc) is 2.90. The van der Waals surface area contributed by atoms with Crippen molar-refractivity contribution >= 4 is 45.6 Å². The van der Waals surface area contributed by atoms with Gasteiger partial charge in [-0.3, -0.25) is 9.59 Å². The summed E-state index contributed by atoms with van der Waals surface area (Å²) in [6.45, 7) is 3.89. The van der Waals surface area contributed by atoms with Crippen LogP contribution in [-0.4, -0.2) is 16.5 Å². The molecule has 4 nitrogen and oxygen atoms in total. The predicted molar refractivity (Wildman–Crippen MR) is 153 cm³/mol. The van der Waals surface area contributed by atoms with Crippen LogP contribution in [0.5, 0.6) is 0 Å². The Kier molecular flexibility index (Phi) is 6.67. The predicted octanol–water partition coefficient (Wildman–Crippen LogP) is 7.20. The molecule has 0 saturated heterocycles. The van der Waals surface area contributed by atoms with E-state index < -0.39 is 5.56 Å². The first-order chi connectivity index (χ1) is 17.9. The summed E-state index contributed by atoms with van der Waals surface area (Å²) in [4.78, 5) is 29.3. The molecule has 1 aliphatic rings. The standard InChI is InChI=1S/C32H23ClN2O2/c1-20-17-24(12-14-28(20)34)23-10-7-21(8-11-23)9-16-30(36)31-27(18-22-5-3-2-4-6-22)26-19-25(33)13-15-29(26)35-32(31)37/h2-17,19,34H,1,18H2,(H,35,37)/b16-9+,34-28?. The van der Waals surface area contributed by atoms with E-state index in [1.807, 2.05) is 66.7 Å². The van der Waals surface area contributed by atoms with Gasteiger partial charge < -0.3 is 10.4 Å². The Hall–Kier alpha value is -4.54. The van der Waals surface area contributed by atoms with Crippen molar-refractivity contribution in [3.63, 3.8) is 0 Å². The lowest BCUT2D eigenvalue weighted by atomic mass is 9.94. The van der Waals surface area contributed by atoms with E-state index in [0.717, 1.165) is 27.6 Å². The van der Waals surface area contributed by atoms with Gasteiger partial charge in [-0.1, -0.05) is 84.9 Å². The molecule has 1 aromatic heterocycles. The maximum Gasteiger partial charge on any atom is 0.259 e. The van der Waals surface area contributed by atoms with Crippen LogP contribution in [0, 0.1) is 5.41 Å². The number of halogens is 1. The topological polar surface area (TPSA) is 73.8 Å². The molecule has 1 heterocycles. The highest BCUT2D eigenvalue weighted by Crippen LogP contribution is 2.26. The third-order valence-corrected chi connectivity index (χ3v) is 6.57. The van der Waals surface area contributed by atoms with Crippen molar-refractivity contribution in [1.82, 2.24) is 4.98 Å². The average molecular weight is 503 g/mol. The third kappa shape index (κ3) is 5.20. The highest BCUT2D eigenvalue weighted by molar-refractivity contribution is 6.31. The SMILES string of the molecule is C=C1C=C(c2ccc(/C=C/C(=O)c3c(Cc4ccccc4)c4cc(Cl)ccc4[nH]c3=O)cc2)C=CC1=N. The highest BCUT2D eigenvalue weighted by Gasteiger charge is 2.18. The molecule has 0 unspecified atom stereocenters. The minimum absolute atomic E-state index is 0.116. The Morgan fingerprint density at radius 1 is 1.00 bits per heavy atom. The molecular weight excluding hydrogens is 480 g/mol. The molecule has 0 aliphatic heterocycles. The molecular formula is C32H23ClN2O2. The molecule has 1 aliphatic carbocycles. The van der Waals surface area contributed by atoms with E-state index in [1.165, 1.54) is 6.08 Å². The Morgan fingerprint density at radius 2 is 1.76 bits per heavy atom. The fraction of sp³-hybridized carbons (Fsp3) is 0.0312. The number of nitrogens with one attached hydrogen (secondary N) is 2. The summed E-state index contributed by atoms with van der Waals surface area (Å²) < 4.78 is 0. The van der Waals surface area contributed by atoms with Crippen molar-refractivity contribution in [2.45, 2.75) is 6.42 Å². The van der Waals surface area contributed by atoms with Gasteiger partial charge in [0.25, 0.3) is 5.56 Å². The molecule has 5 heteroatoms. The molecule has 37 heavy (non-hydrogen) atoms. The Balaban J connectivity index is 1.48. The molecule has 5 rings (SSSR count). The van der Waals surface area contributed by atoms with Crippen LogP contribution in [0.15, 0.2) is 114 Å². The van der Waals surface area contributed by atoms with Crippen molar-refractivity contribution in [2.75, 3.05) is 0 Å². The second kappa shape index (κ2) is 10.2. The van der Waals surface area contributed by atoms with Gasteiger partial charge in [-0.05, 0) is 76.2 Å². The van der Waals surface area contributed by atoms with Gasteiger partial charge in [-0.2, -0.15) is 0 Å². The first kappa shape index (κ1) is 24.2. The Bertz CT molecular complexity index is 1710. The zero-order valence-electron chi connectivity index (χ0n) is 19.9. The summed E-state index contributed by atoms with van der Waals surface area (Å²) in [6.07, 6.45) is 9.07. The van der Waals surface area contributed by atoms with Crippen molar-refractivity contribution in [3.8, 4) is 0 Å². The van der Waals surface area contributed by atoms with Gasteiger partial charge in [0.05, 0.1) is 11.3 Å². The van der Waals surface area contributed by atoms with Crippen LogP contribution in [0.25, 0.3) is 22.6 Å². The van der Waals surface area contributed by atoms with Crippen molar-refractivity contribution in [1.29, 1.82) is 5.41 Å². The zero-order valence-corrected chi connectivity index (χ0v) is 20.7. The fourth-order valence-electron chi connectivity index (χ4n) is 4.39. The van der Waals surface area contributed by atoms with Crippen LogP contribution < -0.4 is 5.56 Å². The van der Waals surface area contributed by atoms with Gasteiger partial charge in [-0.25, -0.2) is 0 Å². The molecule has 0 atom stereocenters. The van der Waals surface area contributed by atoms with Gasteiger partial charge in [0, 0.05) is 15.9 Å². The van der Waals surface area contributed by atoms with E-state index in [0.29, 0.717) is 33.8 Å². The van der Waals surface area contributed by atoms with E-state index in [1.54, 1.807) is 30.4 Å². The van der Waals surface area contributed by atoms with Gasteiger partial charge in [-0.15, -0.1) is 0 Å². The summed E-state index contributed by atoms with van der Waals surface area (Å²) >= 11 is 6.28. The van der Waals surface area contributed by atoms with Crippen molar-refractivity contribution < 1.29 is 4.79 Å². The molecule has 0 radical (unpaired) electrons. The normalized spacial score (nSPS) is 13.4. The van der Waals surface area contributed by atoms with Crippen LogP contribution in [0.1, 0.15) is 32.6 Å².